The zero-order valence-corrected chi connectivity index (χ0v) is 12.1. The van der Waals surface area contributed by atoms with Gasteiger partial charge in [-0.2, -0.15) is 5.10 Å². The minimum atomic E-state index is -0.280. The van der Waals surface area contributed by atoms with Crippen molar-refractivity contribution >= 4 is 6.03 Å². The van der Waals surface area contributed by atoms with Crippen molar-refractivity contribution in [1.82, 2.24) is 25.0 Å². The van der Waals surface area contributed by atoms with Gasteiger partial charge in [0.25, 0.3) is 0 Å². The molecule has 1 aliphatic rings. The molecule has 7 heteroatoms. The Morgan fingerprint density at radius 1 is 1.55 bits per heavy atom. The first-order valence-electron chi connectivity index (χ1n) is 7.08. The van der Waals surface area contributed by atoms with Crippen LogP contribution < -0.4 is 5.32 Å². The van der Waals surface area contributed by atoms with Crippen LogP contribution in [0.5, 0.6) is 0 Å². The van der Waals surface area contributed by atoms with Crippen LogP contribution in [0.3, 0.4) is 0 Å². The molecule has 2 N–H and O–H groups in total. The van der Waals surface area contributed by atoms with E-state index in [1.165, 1.54) is 6.33 Å². The highest BCUT2D eigenvalue weighted by Crippen LogP contribution is 2.24. The second kappa shape index (κ2) is 6.69. The number of hydrogen-bond donors (Lipinski definition) is 2. The number of nitrogens with one attached hydrogen (secondary N) is 1. The van der Waals surface area contributed by atoms with E-state index in [0.29, 0.717) is 18.9 Å². The van der Waals surface area contributed by atoms with E-state index in [1.807, 2.05) is 0 Å². The fourth-order valence-electron chi connectivity index (χ4n) is 2.61. The maximum absolute atomic E-state index is 12.0. The highest BCUT2D eigenvalue weighted by atomic mass is 16.3. The zero-order valence-electron chi connectivity index (χ0n) is 12.1. The van der Waals surface area contributed by atoms with Gasteiger partial charge in [0, 0.05) is 26.6 Å². The number of nitrogens with zero attached hydrogens (tertiary/aromatic N) is 4. The first-order chi connectivity index (χ1) is 9.58. The van der Waals surface area contributed by atoms with Gasteiger partial charge in [-0.15, -0.1) is 0 Å². The molecule has 1 saturated carbocycles. The van der Waals surface area contributed by atoms with Gasteiger partial charge in [-0.05, 0) is 12.8 Å². The lowest BCUT2D eigenvalue weighted by molar-refractivity contribution is 0.0564. The summed E-state index contributed by atoms with van der Waals surface area (Å²) in [6.07, 6.45) is 5.23. The number of amides is 2. The van der Waals surface area contributed by atoms with Gasteiger partial charge < -0.3 is 15.3 Å². The van der Waals surface area contributed by atoms with Crippen molar-refractivity contribution in [2.24, 2.45) is 13.0 Å². The van der Waals surface area contributed by atoms with Crippen LogP contribution >= 0.6 is 0 Å². The molecule has 0 spiro atoms. The van der Waals surface area contributed by atoms with E-state index in [-0.39, 0.29) is 18.1 Å². The van der Waals surface area contributed by atoms with Crippen LogP contribution in [0.15, 0.2) is 6.33 Å². The van der Waals surface area contributed by atoms with Crippen LogP contribution in [0.4, 0.5) is 4.79 Å². The Morgan fingerprint density at radius 3 is 2.95 bits per heavy atom. The first-order valence-corrected chi connectivity index (χ1v) is 7.08. The lowest BCUT2D eigenvalue weighted by atomic mass is 9.86. The van der Waals surface area contributed by atoms with Crippen LogP contribution in [-0.4, -0.2) is 50.5 Å². The second-order valence-corrected chi connectivity index (χ2v) is 5.45. The number of urea groups is 1. The van der Waals surface area contributed by atoms with Crippen molar-refractivity contribution < 1.29 is 9.90 Å². The van der Waals surface area contributed by atoms with Crippen LogP contribution in [-0.2, 0) is 13.6 Å². The normalized spacial score (nSPS) is 22.6. The number of aliphatic hydroxyl groups is 1. The summed E-state index contributed by atoms with van der Waals surface area (Å²) >= 11 is 0. The fraction of sp³-hybridized carbons (Fsp3) is 0.769. The number of rotatable bonds is 4. The van der Waals surface area contributed by atoms with Crippen molar-refractivity contribution in [1.29, 1.82) is 0 Å². The van der Waals surface area contributed by atoms with Gasteiger partial charge in [0.15, 0.2) is 0 Å². The SMILES string of the molecule is CN(CC1CCCCC1O)C(=O)NCc1ncnn1C. The molecule has 0 aromatic carbocycles. The monoisotopic (exact) mass is 281 g/mol. The summed E-state index contributed by atoms with van der Waals surface area (Å²) in [5.74, 6) is 0.902. The lowest BCUT2D eigenvalue weighted by Gasteiger charge is -2.31. The van der Waals surface area contributed by atoms with Gasteiger partial charge in [-0.1, -0.05) is 12.8 Å². The molecule has 1 aliphatic carbocycles. The summed E-state index contributed by atoms with van der Waals surface area (Å²) in [6, 6.07) is -0.147. The number of aromatic nitrogens is 3. The molecule has 1 aromatic heterocycles. The maximum Gasteiger partial charge on any atom is 0.317 e. The Bertz CT molecular complexity index is 448. The van der Waals surface area contributed by atoms with Crippen LogP contribution in [0.1, 0.15) is 31.5 Å². The molecule has 7 nitrogen and oxygen atoms in total. The Labute approximate surface area is 119 Å². The summed E-state index contributed by atoms with van der Waals surface area (Å²) in [6.45, 7) is 0.943. The van der Waals surface area contributed by atoms with Gasteiger partial charge in [-0.3, -0.25) is 4.68 Å². The van der Waals surface area contributed by atoms with E-state index in [9.17, 15) is 9.90 Å². The van der Waals surface area contributed by atoms with E-state index < -0.39 is 0 Å². The maximum atomic E-state index is 12.0. The van der Waals surface area contributed by atoms with E-state index >= 15 is 0 Å². The molecule has 0 saturated heterocycles. The number of carbonyl (C=O) groups excluding carboxylic acids is 1. The van der Waals surface area contributed by atoms with Gasteiger partial charge >= 0.3 is 6.03 Å². The molecule has 0 bridgehead atoms. The van der Waals surface area contributed by atoms with E-state index in [2.05, 4.69) is 15.4 Å². The van der Waals surface area contributed by atoms with Crippen LogP contribution in [0.25, 0.3) is 0 Å². The molecular weight excluding hydrogens is 258 g/mol. The molecule has 0 aliphatic heterocycles. The Hall–Kier alpha value is -1.63. The smallest absolute Gasteiger partial charge is 0.317 e. The van der Waals surface area contributed by atoms with Crippen LogP contribution in [0.2, 0.25) is 0 Å². The Balaban J connectivity index is 1.78. The van der Waals surface area contributed by atoms with Crippen molar-refractivity contribution in [2.45, 2.75) is 38.3 Å². The largest absolute Gasteiger partial charge is 0.393 e. The average molecular weight is 281 g/mol. The molecule has 1 aromatic rings. The third-order valence-electron chi connectivity index (χ3n) is 3.93. The molecular formula is C13H23N5O2. The summed E-state index contributed by atoms with van der Waals surface area (Å²) in [7, 11) is 3.55. The predicted octanol–water partition coefficient (Wildman–Crippen LogP) is 0.508. The number of aliphatic hydroxyl groups excluding tert-OH is 1. The molecule has 2 rings (SSSR count). The predicted molar refractivity (Wildman–Crippen MR) is 73.8 cm³/mol. The molecule has 1 fully saturated rings. The van der Waals surface area contributed by atoms with Gasteiger partial charge in [0.2, 0.25) is 0 Å². The molecule has 1 heterocycles. The summed E-state index contributed by atoms with van der Waals surface area (Å²) < 4.78 is 1.63. The van der Waals surface area contributed by atoms with Crippen molar-refractivity contribution in [2.75, 3.05) is 13.6 Å². The van der Waals surface area contributed by atoms with Crippen LogP contribution in [0, 0.1) is 5.92 Å². The highest BCUT2D eigenvalue weighted by molar-refractivity contribution is 5.73. The summed E-state index contributed by atoms with van der Waals surface area (Å²) in [5.41, 5.74) is 0. The molecule has 112 valence electrons. The third-order valence-corrected chi connectivity index (χ3v) is 3.93. The molecule has 20 heavy (non-hydrogen) atoms. The minimum Gasteiger partial charge on any atom is -0.393 e. The van der Waals surface area contributed by atoms with E-state index in [4.69, 9.17) is 0 Å². The van der Waals surface area contributed by atoms with Crippen molar-refractivity contribution in [3.05, 3.63) is 12.2 Å². The minimum absolute atomic E-state index is 0.147. The van der Waals surface area contributed by atoms with E-state index in [1.54, 1.807) is 23.7 Å². The summed E-state index contributed by atoms with van der Waals surface area (Å²) in [5, 5.41) is 16.7. The fourth-order valence-corrected chi connectivity index (χ4v) is 2.61. The van der Waals surface area contributed by atoms with Crippen molar-refractivity contribution in [3.63, 3.8) is 0 Å². The number of aryl methyl sites for hydroxylation is 1. The number of carbonyl (C=O) groups is 1. The quantitative estimate of drug-likeness (QED) is 0.842. The topological polar surface area (TPSA) is 83.3 Å². The highest BCUT2D eigenvalue weighted by Gasteiger charge is 2.25. The first kappa shape index (κ1) is 14.8. The van der Waals surface area contributed by atoms with Gasteiger partial charge in [0.1, 0.15) is 12.2 Å². The molecule has 2 amide bonds. The molecule has 0 radical (unpaired) electrons. The average Bonchev–Trinajstić information content (AvgIpc) is 2.84. The van der Waals surface area contributed by atoms with Gasteiger partial charge in [0.05, 0.1) is 12.6 Å². The molecule has 2 atom stereocenters. The molecule has 2 unspecified atom stereocenters. The summed E-state index contributed by atoms with van der Waals surface area (Å²) in [4.78, 5) is 17.7. The zero-order chi connectivity index (χ0) is 14.5. The van der Waals surface area contributed by atoms with E-state index in [0.717, 1.165) is 25.7 Å². The van der Waals surface area contributed by atoms with Crippen molar-refractivity contribution in [3.8, 4) is 0 Å². The Kier molecular flexibility index (Phi) is 4.94. The third kappa shape index (κ3) is 3.69. The Morgan fingerprint density at radius 2 is 2.30 bits per heavy atom. The lowest BCUT2D eigenvalue weighted by Crippen LogP contribution is -2.42. The standard InChI is InChI=1S/C13H23N5O2/c1-17(8-10-5-3-4-6-11(10)19)13(20)14-7-12-15-9-16-18(12)2/h9-11,19H,3-8H2,1-2H3,(H,14,20). The number of hydrogen-bond acceptors (Lipinski definition) is 4. The van der Waals surface area contributed by atoms with Gasteiger partial charge in [-0.25, -0.2) is 9.78 Å². The second-order valence-electron chi connectivity index (χ2n) is 5.45.